The zero-order valence-electron chi connectivity index (χ0n) is 10.2. The molecule has 3 heterocycles. The molecular formula is C10H13N5O4S. The minimum absolute atomic E-state index is 0.0393. The van der Waals surface area contributed by atoms with Gasteiger partial charge in [-0.2, -0.15) is 4.98 Å². The van der Waals surface area contributed by atoms with Gasteiger partial charge < -0.3 is 25.7 Å². The summed E-state index contributed by atoms with van der Waals surface area (Å²) in [5.74, 6) is -0.0393. The van der Waals surface area contributed by atoms with Gasteiger partial charge in [0.1, 0.15) is 12.3 Å². The number of fused-ring (bicyclic) bond motifs is 1. The van der Waals surface area contributed by atoms with Crippen LogP contribution in [0.15, 0.2) is 4.79 Å². The number of hydrogen-bond donors (Lipinski definition) is 5. The van der Waals surface area contributed by atoms with E-state index in [-0.39, 0.29) is 34.9 Å². The van der Waals surface area contributed by atoms with Gasteiger partial charge in [0.2, 0.25) is 5.95 Å². The van der Waals surface area contributed by atoms with Crippen molar-refractivity contribution in [1.82, 2.24) is 19.5 Å². The summed E-state index contributed by atoms with van der Waals surface area (Å²) >= 11 is 5.16. The maximum Gasteiger partial charge on any atom is 0.278 e. The third kappa shape index (κ3) is 1.93. The number of aliphatic hydroxyl groups excluding tert-OH is 2. The molecule has 3 atom stereocenters. The number of rotatable bonds is 2. The van der Waals surface area contributed by atoms with E-state index in [1.807, 2.05) is 0 Å². The Bertz CT molecular complexity index is 765. The van der Waals surface area contributed by atoms with Crippen LogP contribution in [0, 0.1) is 4.77 Å². The first-order valence-electron chi connectivity index (χ1n) is 5.95. The zero-order valence-corrected chi connectivity index (χ0v) is 11.1. The van der Waals surface area contributed by atoms with Crippen molar-refractivity contribution in [2.24, 2.45) is 0 Å². The number of nitrogens with two attached hydrogens (primary N) is 1. The Morgan fingerprint density at radius 2 is 2.30 bits per heavy atom. The lowest BCUT2D eigenvalue weighted by Crippen LogP contribution is -2.24. The summed E-state index contributed by atoms with van der Waals surface area (Å²) in [4.78, 5) is 20.9. The third-order valence-electron chi connectivity index (χ3n) is 3.27. The monoisotopic (exact) mass is 299 g/mol. The highest BCUT2D eigenvalue weighted by Crippen LogP contribution is 2.30. The molecule has 0 unspecified atom stereocenters. The van der Waals surface area contributed by atoms with Crippen LogP contribution >= 0.6 is 12.2 Å². The van der Waals surface area contributed by atoms with Gasteiger partial charge in [0.15, 0.2) is 15.9 Å². The van der Waals surface area contributed by atoms with Crippen molar-refractivity contribution in [2.75, 3.05) is 12.3 Å². The predicted molar refractivity (Wildman–Crippen MR) is 71.6 cm³/mol. The van der Waals surface area contributed by atoms with Crippen molar-refractivity contribution in [3.63, 3.8) is 0 Å². The molecular weight excluding hydrogens is 286 g/mol. The van der Waals surface area contributed by atoms with Crippen LogP contribution in [-0.4, -0.2) is 48.5 Å². The van der Waals surface area contributed by atoms with Crippen LogP contribution in [0.4, 0.5) is 5.95 Å². The van der Waals surface area contributed by atoms with Crippen LogP contribution in [0.2, 0.25) is 0 Å². The summed E-state index contributed by atoms with van der Waals surface area (Å²) in [6.07, 6.45) is -1.87. The number of aromatic nitrogens is 4. The van der Waals surface area contributed by atoms with Crippen molar-refractivity contribution in [3.05, 3.63) is 15.1 Å². The number of aliphatic hydroxyl groups is 2. The van der Waals surface area contributed by atoms with Crippen LogP contribution in [0.25, 0.3) is 11.2 Å². The molecule has 0 amide bonds. The SMILES string of the molecule is Nc1nc2c([nH]c(=S)n2[C@H]2C[C@H](O)[C@@H](CO)O2)c(=O)[nH]1. The lowest BCUT2D eigenvalue weighted by atomic mass is 10.2. The minimum Gasteiger partial charge on any atom is -0.394 e. The topological polar surface area (TPSA) is 142 Å². The van der Waals surface area contributed by atoms with E-state index in [0.29, 0.717) is 0 Å². The van der Waals surface area contributed by atoms with Gasteiger partial charge >= 0.3 is 0 Å². The fourth-order valence-corrected chi connectivity index (χ4v) is 2.64. The Morgan fingerprint density at radius 1 is 1.55 bits per heavy atom. The largest absolute Gasteiger partial charge is 0.394 e. The second-order valence-corrected chi connectivity index (χ2v) is 4.95. The van der Waals surface area contributed by atoms with Crippen LogP contribution in [0.3, 0.4) is 0 Å². The van der Waals surface area contributed by atoms with E-state index in [0.717, 1.165) is 0 Å². The normalized spacial score (nSPS) is 26.4. The summed E-state index contributed by atoms with van der Waals surface area (Å²) in [7, 11) is 0. The predicted octanol–water partition coefficient (Wildman–Crippen LogP) is -0.995. The molecule has 0 aromatic carbocycles. The Morgan fingerprint density at radius 3 is 2.95 bits per heavy atom. The van der Waals surface area contributed by atoms with E-state index in [2.05, 4.69) is 15.0 Å². The van der Waals surface area contributed by atoms with Crippen LogP contribution in [-0.2, 0) is 4.74 Å². The van der Waals surface area contributed by atoms with Crippen molar-refractivity contribution in [3.8, 4) is 0 Å². The van der Waals surface area contributed by atoms with Gasteiger partial charge in [-0.3, -0.25) is 14.3 Å². The fraction of sp³-hybridized carbons (Fsp3) is 0.500. The van der Waals surface area contributed by atoms with Gasteiger partial charge in [-0.15, -0.1) is 0 Å². The number of nitrogens with one attached hydrogen (secondary N) is 2. The first-order chi connectivity index (χ1) is 9.51. The van der Waals surface area contributed by atoms with Gasteiger partial charge in [0, 0.05) is 6.42 Å². The van der Waals surface area contributed by atoms with Gasteiger partial charge in [-0.1, -0.05) is 0 Å². The van der Waals surface area contributed by atoms with Crippen molar-refractivity contribution < 1.29 is 14.9 Å². The van der Waals surface area contributed by atoms with Gasteiger partial charge in [-0.05, 0) is 12.2 Å². The van der Waals surface area contributed by atoms with E-state index in [1.165, 1.54) is 4.57 Å². The lowest BCUT2D eigenvalue weighted by molar-refractivity contribution is -0.0436. The van der Waals surface area contributed by atoms with E-state index >= 15 is 0 Å². The Labute approximate surface area is 117 Å². The second kappa shape index (κ2) is 4.66. The van der Waals surface area contributed by atoms with Gasteiger partial charge in [0.25, 0.3) is 5.56 Å². The van der Waals surface area contributed by atoms with E-state index in [9.17, 15) is 9.90 Å². The van der Waals surface area contributed by atoms with Crippen molar-refractivity contribution in [1.29, 1.82) is 0 Å². The number of ether oxygens (including phenoxy) is 1. The molecule has 1 aliphatic rings. The number of aromatic amines is 2. The van der Waals surface area contributed by atoms with Crippen LogP contribution < -0.4 is 11.3 Å². The molecule has 0 aliphatic carbocycles. The maximum absolute atomic E-state index is 11.8. The quantitative estimate of drug-likeness (QED) is 0.448. The molecule has 108 valence electrons. The molecule has 1 fully saturated rings. The molecule has 6 N–H and O–H groups in total. The molecule has 2 aromatic heterocycles. The van der Waals surface area contributed by atoms with Crippen LogP contribution in [0.5, 0.6) is 0 Å². The Balaban J connectivity index is 2.15. The molecule has 2 aromatic rings. The molecule has 10 heteroatoms. The second-order valence-electron chi connectivity index (χ2n) is 4.56. The highest BCUT2D eigenvalue weighted by molar-refractivity contribution is 7.71. The first kappa shape index (κ1) is 13.2. The molecule has 0 bridgehead atoms. The van der Waals surface area contributed by atoms with Crippen LogP contribution in [0.1, 0.15) is 12.6 Å². The number of imidazole rings is 1. The smallest absolute Gasteiger partial charge is 0.278 e. The molecule has 0 saturated carbocycles. The molecule has 3 rings (SSSR count). The summed E-state index contributed by atoms with van der Waals surface area (Å²) in [5, 5.41) is 18.9. The summed E-state index contributed by atoms with van der Waals surface area (Å²) < 4.78 is 7.24. The number of anilines is 1. The molecule has 0 radical (unpaired) electrons. The number of nitrogen functional groups attached to an aromatic ring is 1. The molecule has 1 saturated heterocycles. The average Bonchev–Trinajstić information content (AvgIpc) is 2.89. The van der Waals surface area contributed by atoms with Crippen molar-refractivity contribution in [2.45, 2.75) is 24.9 Å². The fourth-order valence-electron chi connectivity index (χ4n) is 2.33. The molecule has 0 spiro atoms. The van der Waals surface area contributed by atoms with Crippen molar-refractivity contribution >= 4 is 29.3 Å². The van der Waals surface area contributed by atoms with E-state index in [1.54, 1.807) is 0 Å². The number of nitrogens with zero attached hydrogens (tertiary/aromatic N) is 2. The standard InChI is InChI=1S/C10H13N5O4S/c11-9-13-7-6(8(18)14-9)12-10(20)15(7)5-1-3(17)4(2-16)19-5/h3-5,16-17H,1-2H2,(H,12,20)(H3,11,13,14,18)/t3-,4+,5+/m0/s1. The highest BCUT2D eigenvalue weighted by atomic mass is 32.1. The van der Waals surface area contributed by atoms with E-state index in [4.69, 9.17) is 27.8 Å². The summed E-state index contributed by atoms with van der Waals surface area (Å²) in [5.41, 5.74) is 5.53. The lowest BCUT2D eigenvalue weighted by Gasteiger charge is -2.13. The Kier molecular flexibility index (Phi) is 3.09. The summed E-state index contributed by atoms with van der Waals surface area (Å²) in [6, 6.07) is 0. The number of hydrogen-bond acceptors (Lipinski definition) is 7. The number of H-pyrrole nitrogens is 2. The minimum atomic E-state index is -0.809. The maximum atomic E-state index is 11.8. The molecule has 9 nitrogen and oxygen atoms in total. The third-order valence-corrected chi connectivity index (χ3v) is 3.57. The Hall–Kier alpha value is -1.75. The average molecular weight is 299 g/mol. The zero-order chi connectivity index (χ0) is 14.4. The van der Waals surface area contributed by atoms with Gasteiger partial charge in [0.05, 0.1) is 12.7 Å². The highest BCUT2D eigenvalue weighted by Gasteiger charge is 2.35. The first-order valence-corrected chi connectivity index (χ1v) is 6.36. The van der Waals surface area contributed by atoms with E-state index < -0.39 is 24.0 Å². The molecule has 20 heavy (non-hydrogen) atoms. The summed E-state index contributed by atoms with van der Waals surface area (Å²) in [6.45, 7) is -0.302. The van der Waals surface area contributed by atoms with Gasteiger partial charge in [-0.25, -0.2) is 0 Å². The molecule has 1 aliphatic heterocycles.